The monoisotopic (exact) mass is 304 g/mol. The first-order valence-corrected chi connectivity index (χ1v) is 7.69. The highest BCUT2D eigenvalue weighted by molar-refractivity contribution is 8.14. The lowest BCUT2D eigenvalue weighted by Crippen LogP contribution is -2.11. The molecule has 0 spiro atoms. The SMILES string of the molecule is CN(C)c1ncc(S(=O)(=O)Cl)c2ccc(Cl)cc12. The Morgan fingerprint density at radius 3 is 2.44 bits per heavy atom. The minimum atomic E-state index is -3.84. The van der Waals surface area contributed by atoms with Gasteiger partial charge in [0.2, 0.25) is 0 Å². The van der Waals surface area contributed by atoms with Crippen molar-refractivity contribution in [1.82, 2.24) is 4.98 Å². The lowest BCUT2D eigenvalue weighted by molar-refractivity contribution is 0.610. The predicted octanol–water partition coefficient (Wildman–Crippen LogP) is 2.88. The Kier molecular flexibility index (Phi) is 3.40. The van der Waals surface area contributed by atoms with Crippen molar-refractivity contribution in [3.63, 3.8) is 0 Å². The van der Waals surface area contributed by atoms with Crippen molar-refractivity contribution in [3.8, 4) is 0 Å². The lowest BCUT2D eigenvalue weighted by Gasteiger charge is -2.15. The summed E-state index contributed by atoms with van der Waals surface area (Å²) in [6.07, 6.45) is 1.26. The van der Waals surface area contributed by atoms with Crippen LogP contribution in [0.4, 0.5) is 5.82 Å². The summed E-state index contributed by atoms with van der Waals surface area (Å²) in [5, 5.41) is 1.67. The third-order valence-electron chi connectivity index (χ3n) is 2.48. The zero-order valence-corrected chi connectivity index (χ0v) is 12.0. The smallest absolute Gasteiger partial charge is 0.263 e. The number of pyridine rings is 1. The Balaban J connectivity index is 2.93. The summed E-state index contributed by atoms with van der Waals surface area (Å²) in [7, 11) is 5.19. The van der Waals surface area contributed by atoms with Crippen LogP contribution < -0.4 is 4.90 Å². The van der Waals surface area contributed by atoms with E-state index in [1.54, 1.807) is 23.1 Å². The van der Waals surface area contributed by atoms with Gasteiger partial charge >= 0.3 is 0 Å². The highest BCUT2D eigenvalue weighted by atomic mass is 35.7. The summed E-state index contributed by atoms with van der Waals surface area (Å²) >= 11 is 5.93. The molecule has 0 aliphatic carbocycles. The zero-order valence-electron chi connectivity index (χ0n) is 9.68. The number of rotatable bonds is 2. The van der Waals surface area contributed by atoms with Crippen molar-refractivity contribution in [1.29, 1.82) is 0 Å². The van der Waals surface area contributed by atoms with Crippen molar-refractivity contribution in [2.45, 2.75) is 4.90 Å². The molecular weight excluding hydrogens is 295 g/mol. The summed E-state index contributed by atoms with van der Waals surface area (Å²) in [6.45, 7) is 0. The minimum Gasteiger partial charge on any atom is -0.362 e. The fraction of sp³-hybridized carbons (Fsp3) is 0.182. The van der Waals surface area contributed by atoms with Gasteiger partial charge in [0.05, 0.1) is 0 Å². The van der Waals surface area contributed by atoms with Gasteiger partial charge in [-0.15, -0.1) is 0 Å². The van der Waals surface area contributed by atoms with Gasteiger partial charge in [0.15, 0.2) is 0 Å². The number of halogens is 2. The first kappa shape index (κ1) is 13.4. The molecular formula is C11H10Cl2N2O2S. The number of hydrogen-bond acceptors (Lipinski definition) is 4. The fourth-order valence-electron chi connectivity index (χ4n) is 1.73. The third-order valence-corrected chi connectivity index (χ3v) is 4.06. The molecule has 0 aliphatic rings. The number of hydrogen-bond donors (Lipinski definition) is 0. The highest BCUT2D eigenvalue weighted by Crippen LogP contribution is 2.32. The van der Waals surface area contributed by atoms with Gasteiger partial charge < -0.3 is 4.90 Å². The lowest BCUT2D eigenvalue weighted by atomic mass is 10.1. The van der Waals surface area contributed by atoms with Crippen LogP contribution in [0.1, 0.15) is 0 Å². The number of nitrogens with zero attached hydrogens (tertiary/aromatic N) is 2. The number of anilines is 1. The molecule has 18 heavy (non-hydrogen) atoms. The Morgan fingerprint density at radius 2 is 1.89 bits per heavy atom. The molecule has 0 atom stereocenters. The molecule has 0 unspecified atom stereocenters. The van der Waals surface area contributed by atoms with E-state index >= 15 is 0 Å². The molecule has 0 N–H and O–H groups in total. The van der Waals surface area contributed by atoms with Crippen LogP contribution >= 0.6 is 22.3 Å². The van der Waals surface area contributed by atoms with Crippen molar-refractivity contribution in [3.05, 3.63) is 29.4 Å². The molecule has 0 radical (unpaired) electrons. The third kappa shape index (κ3) is 2.39. The zero-order chi connectivity index (χ0) is 13.5. The molecule has 1 aromatic carbocycles. The molecule has 96 valence electrons. The molecule has 0 saturated heterocycles. The van der Waals surface area contributed by atoms with E-state index in [4.69, 9.17) is 22.3 Å². The predicted molar refractivity (Wildman–Crippen MR) is 74.1 cm³/mol. The van der Waals surface area contributed by atoms with Gasteiger partial charge in [0.25, 0.3) is 9.05 Å². The van der Waals surface area contributed by atoms with Crippen molar-refractivity contribution in [2.24, 2.45) is 0 Å². The first-order chi connectivity index (χ1) is 8.30. The van der Waals surface area contributed by atoms with Crippen LogP contribution in [0.25, 0.3) is 10.8 Å². The average molecular weight is 305 g/mol. The number of aromatic nitrogens is 1. The Labute approximate surface area is 115 Å². The first-order valence-electron chi connectivity index (χ1n) is 5.01. The van der Waals surface area contributed by atoms with Crippen LogP contribution in [0.15, 0.2) is 29.3 Å². The maximum absolute atomic E-state index is 11.5. The quantitative estimate of drug-likeness (QED) is 0.801. The van der Waals surface area contributed by atoms with E-state index in [0.29, 0.717) is 21.6 Å². The van der Waals surface area contributed by atoms with Gasteiger partial charge in [-0.1, -0.05) is 17.7 Å². The standard InChI is InChI=1S/C11H10Cl2N2O2S/c1-15(2)11-9-5-7(12)3-4-8(9)10(6-14-11)18(13,16)17/h3-6H,1-2H3. The molecule has 0 amide bonds. The molecule has 2 aromatic rings. The normalized spacial score (nSPS) is 11.8. The molecule has 0 fully saturated rings. The van der Waals surface area contributed by atoms with E-state index in [-0.39, 0.29) is 4.90 Å². The summed E-state index contributed by atoms with van der Waals surface area (Å²) in [4.78, 5) is 5.89. The average Bonchev–Trinajstić information content (AvgIpc) is 2.25. The van der Waals surface area contributed by atoms with Gasteiger partial charge in [-0.25, -0.2) is 13.4 Å². The molecule has 1 heterocycles. The van der Waals surface area contributed by atoms with Gasteiger partial charge in [0.1, 0.15) is 10.7 Å². The number of fused-ring (bicyclic) bond motifs is 1. The van der Waals surface area contributed by atoms with Crippen LogP contribution in [-0.4, -0.2) is 27.5 Å². The van der Waals surface area contributed by atoms with Crippen LogP contribution in [0.5, 0.6) is 0 Å². The second-order valence-electron chi connectivity index (χ2n) is 3.97. The molecule has 4 nitrogen and oxygen atoms in total. The molecule has 0 saturated carbocycles. The summed E-state index contributed by atoms with van der Waals surface area (Å²) in [5.74, 6) is 0.636. The molecule has 1 aromatic heterocycles. The topological polar surface area (TPSA) is 50.3 Å². The van der Waals surface area contributed by atoms with E-state index in [9.17, 15) is 8.42 Å². The van der Waals surface area contributed by atoms with Crippen molar-refractivity contribution >= 4 is 47.9 Å². The molecule has 0 aliphatic heterocycles. The molecule has 0 bridgehead atoms. The fourth-order valence-corrected chi connectivity index (χ4v) is 2.89. The van der Waals surface area contributed by atoms with Crippen molar-refractivity contribution in [2.75, 3.05) is 19.0 Å². The maximum atomic E-state index is 11.5. The van der Waals surface area contributed by atoms with Gasteiger partial charge in [-0.05, 0) is 12.1 Å². The molecule has 2 rings (SSSR count). The Hall–Kier alpha value is -1.04. The van der Waals surface area contributed by atoms with E-state index in [0.717, 1.165) is 0 Å². The second-order valence-corrected chi connectivity index (χ2v) is 6.94. The van der Waals surface area contributed by atoms with E-state index in [1.165, 1.54) is 6.20 Å². The van der Waals surface area contributed by atoms with Crippen LogP contribution in [0, 0.1) is 0 Å². The highest BCUT2D eigenvalue weighted by Gasteiger charge is 2.18. The Bertz CT molecular complexity index is 714. The van der Waals surface area contributed by atoms with Crippen LogP contribution in [0.2, 0.25) is 5.02 Å². The molecule has 7 heteroatoms. The van der Waals surface area contributed by atoms with Gasteiger partial charge in [0, 0.05) is 46.8 Å². The largest absolute Gasteiger partial charge is 0.362 e. The maximum Gasteiger partial charge on any atom is 0.263 e. The second kappa shape index (κ2) is 4.57. The van der Waals surface area contributed by atoms with Crippen LogP contribution in [-0.2, 0) is 9.05 Å². The van der Waals surface area contributed by atoms with Gasteiger partial charge in [-0.2, -0.15) is 0 Å². The van der Waals surface area contributed by atoms with Gasteiger partial charge in [-0.3, -0.25) is 0 Å². The van der Waals surface area contributed by atoms with E-state index in [2.05, 4.69) is 4.98 Å². The summed E-state index contributed by atoms with van der Waals surface area (Å²) in [5.41, 5.74) is 0. The van der Waals surface area contributed by atoms with Crippen molar-refractivity contribution < 1.29 is 8.42 Å². The van der Waals surface area contributed by atoms with Crippen LogP contribution in [0.3, 0.4) is 0 Å². The number of benzene rings is 1. The summed E-state index contributed by atoms with van der Waals surface area (Å²) in [6, 6.07) is 4.92. The van der Waals surface area contributed by atoms with E-state index < -0.39 is 9.05 Å². The minimum absolute atomic E-state index is 0.0126. The summed E-state index contributed by atoms with van der Waals surface area (Å²) < 4.78 is 23.0. The Morgan fingerprint density at radius 1 is 1.22 bits per heavy atom. The van der Waals surface area contributed by atoms with E-state index in [1.807, 2.05) is 14.1 Å².